The maximum absolute atomic E-state index is 13.2. The van der Waals surface area contributed by atoms with Gasteiger partial charge in [-0.25, -0.2) is 4.39 Å². The second-order valence-corrected chi connectivity index (χ2v) is 7.45. The van der Waals surface area contributed by atoms with Crippen LogP contribution in [0, 0.1) is 11.7 Å². The minimum atomic E-state index is -0.311. The second-order valence-electron chi connectivity index (χ2n) is 7.45. The van der Waals surface area contributed by atoms with Gasteiger partial charge in [0, 0.05) is 36.8 Å². The summed E-state index contributed by atoms with van der Waals surface area (Å²) in [6.07, 6.45) is 1.38. The van der Waals surface area contributed by atoms with Gasteiger partial charge in [0.15, 0.2) is 0 Å². The molecule has 8 heteroatoms. The highest BCUT2D eigenvalue weighted by Crippen LogP contribution is 2.28. The first-order valence-corrected chi connectivity index (χ1v) is 10.4. The van der Waals surface area contributed by atoms with E-state index in [1.807, 2.05) is 36.1 Å². The van der Waals surface area contributed by atoms with Gasteiger partial charge >= 0.3 is 6.01 Å². The summed E-state index contributed by atoms with van der Waals surface area (Å²) in [4.78, 5) is 21.3. The van der Waals surface area contributed by atoms with Crippen LogP contribution < -0.4 is 14.5 Å². The van der Waals surface area contributed by atoms with Gasteiger partial charge in [0.05, 0.1) is 7.11 Å². The summed E-state index contributed by atoms with van der Waals surface area (Å²) in [6, 6.07) is 14.0. The van der Waals surface area contributed by atoms with Gasteiger partial charge in [-0.1, -0.05) is 5.16 Å². The normalized spacial score (nSPS) is 14.5. The van der Waals surface area contributed by atoms with Gasteiger partial charge in [-0.05, 0) is 68.3 Å². The minimum absolute atomic E-state index is 0.0678. The molecule has 1 aliphatic heterocycles. The summed E-state index contributed by atoms with van der Waals surface area (Å²) in [5.41, 5.74) is 1.57. The Morgan fingerprint density at radius 3 is 2.45 bits per heavy atom. The fourth-order valence-corrected chi connectivity index (χ4v) is 3.83. The fraction of sp³-hybridized carbons (Fsp3) is 0.348. The largest absolute Gasteiger partial charge is 0.497 e. The quantitative estimate of drug-likeness (QED) is 0.592. The second kappa shape index (κ2) is 9.16. The summed E-state index contributed by atoms with van der Waals surface area (Å²) < 4.78 is 23.9. The lowest BCUT2D eigenvalue weighted by molar-refractivity contribution is -0.122. The Morgan fingerprint density at radius 2 is 1.84 bits per heavy atom. The van der Waals surface area contributed by atoms with Crippen molar-refractivity contribution in [2.75, 3.05) is 36.5 Å². The number of rotatable bonds is 6. The third-order valence-corrected chi connectivity index (χ3v) is 5.60. The van der Waals surface area contributed by atoms with E-state index < -0.39 is 0 Å². The molecule has 7 nitrogen and oxygen atoms in total. The van der Waals surface area contributed by atoms with Gasteiger partial charge in [-0.15, -0.1) is 0 Å². The molecular formula is C23H25FN4O3. The third kappa shape index (κ3) is 4.52. The van der Waals surface area contributed by atoms with Crippen molar-refractivity contribution in [2.45, 2.75) is 19.8 Å². The van der Waals surface area contributed by atoms with Gasteiger partial charge in [0.1, 0.15) is 11.6 Å². The number of hydrogen-bond donors (Lipinski definition) is 0. The number of carbonyl (C=O) groups excluding carboxylic acids is 1. The topological polar surface area (TPSA) is 71.7 Å². The van der Waals surface area contributed by atoms with Crippen molar-refractivity contribution in [3.63, 3.8) is 0 Å². The van der Waals surface area contributed by atoms with Crippen molar-refractivity contribution >= 4 is 17.6 Å². The Kier molecular flexibility index (Phi) is 6.16. The highest BCUT2D eigenvalue weighted by Gasteiger charge is 2.30. The summed E-state index contributed by atoms with van der Waals surface area (Å²) >= 11 is 0. The van der Waals surface area contributed by atoms with Crippen LogP contribution in [0.2, 0.25) is 0 Å². The molecule has 1 aromatic heterocycles. The van der Waals surface area contributed by atoms with Gasteiger partial charge in [-0.2, -0.15) is 4.98 Å². The SMILES string of the molecule is CCN(C(=O)C1CCN(c2nc(-c3ccc(OC)cc3)no2)CC1)c1ccc(F)cc1. The van der Waals surface area contributed by atoms with E-state index >= 15 is 0 Å². The summed E-state index contributed by atoms with van der Waals surface area (Å²) in [7, 11) is 1.62. The monoisotopic (exact) mass is 424 g/mol. The van der Waals surface area contributed by atoms with Crippen LogP contribution in [-0.2, 0) is 4.79 Å². The third-order valence-electron chi connectivity index (χ3n) is 5.60. The molecule has 0 spiro atoms. The van der Waals surface area contributed by atoms with Crippen LogP contribution in [-0.4, -0.2) is 42.8 Å². The molecule has 0 saturated carbocycles. The van der Waals surface area contributed by atoms with E-state index in [1.54, 1.807) is 24.1 Å². The van der Waals surface area contributed by atoms with Crippen molar-refractivity contribution in [3.8, 4) is 17.1 Å². The number of methoxy groups -OCH3 is 1. The van der Waals surface area contributed by atoms with E-state index in [4.69, 9.17) is 9.26 Å². The van der Waals surface area contributed by atoms with Crippen molar-refractivity contribution in [1.82, 2.24) is 10.1 Å². The molecule has 0 unspecified atom stereocenters. The number of ether oxygens (including phenoxy) is 1. The highest BCUT2D eigenvalue weighted by atomic mass is 19.1. The molecule has 1 amide bonds. The van der Waals surface area contributed by atoms with E-state index in [-0.39, 0.29) is 17.6 Å². The van der Waals surface area contributed by atoms with Crippen LogP contribution in [0.1, 0.15) is 19.8 Å². The predicted molar refractivity (Wildman–Crippen MR) is 116 cm³/mol. The van der Waals surface area contributed by atoms with Gasteiger partial charge in [0.2, 0.25) is 11.7 Å². The van der Waals surface area contributed by atoms with Gasteiger partial charge in [-0.3, -0.25) is 4.79 Å². The summed E-state index contributed by atoms with van der Waals surface area (Å²) in [6.45, 7) is 3.78. The smallest absolute Gasteiger partial charge is 0.324 e. The average Bonchev–Trinajstić information content (AvgIpc) is 3.31. The van der Waals surface area contributed by atoms with Crippen molar-refractivity contribution in [3.05, 3.63) is 54.3 Å². The molecule has 0 bridgehead atoms. The first-order chi connectivity index (χ1) is 15.1. The number of benzene rings is 2. The zero-order chi connectivity index (χ0) is 21.8. The van der Waals surface area contributed by atoms with Crippen LogP contribution in [0.4, 0.5) is 16.1 Å². The number of halogens is 1. The van der Waals surface area contributed by atoms with Gasteiger partial charge in [0.25, 0.3) is 0 Å². The maximum atomic E-state index is 13.2. The molecule has 2 heterocycles. The van der Waals surface area contributed by atoms with Crippen molar-refractivity contribution < 1.29 is 18.4 Å². The Hall–Kier alpha value is -3.42. The number of amides is 1. The number of hydrogen-bond acceptors (Lipinski definition) is 6. The lowest BCUT2D eigenvalue weighted by Gasteiger charge is -2.33. The molecule has 1 aliphatic rings. The summed E-state index contributed by atoms with van der Waals surface area (Å²) in [5.74, 6) is 0.947. The molecule has 1 saturated heterocycles. The first-order valence-electron chi connectivity index (χ1n) is 10.4. The lowest BCUT2D eigenvalue weighted by atomic mass is 9.95. The Morgan fingerprint density at radius 1 is 1.16 bits per heavy atom. The van der Waals surface area contributed by atoms with Crippen LogP contribution in [0.5, 0.6) is 5.75 Å². The van der Waals surface area contributed by atoms with Crippen LogP contribution in [0.25, 0.3) is 11.4 Å². The molecule has 0 radical (unpaired) electrons. The highest BCUT2D eigenvalue weighted by molar-refractivity contribution is 5.95. The zero-order valence-corrected chi connectivity index (χ0v) is 17.6. The molecular weight excluding hydrogens is 399 g/mol. The molecule has 0 N–H and O–H groups in total. The predicted octanol–water partition coefficient (Wildman–Crippen LogP) is 4.15. The van der Waals surface area contributed by atoms with E-state index in [9.17, 15) is 9.18 Å². The number of piperidine rings is 1. The van der Waals surface area contributed by atoms with Crippen molar-refractivity contribution in [2.24, 2.45) is 5.92 Å². The van der Waals surface area contributed by atoms with Crippen LogP contribution in [0.15, 0.2) is 53.1 Å². The minimum Gasteiger partial charge on any atom is -0.497 e. The van der Waals surface area contributed by atoms with Crippen LogP contribution in [0.3, 0.4) is 0 Å². The molecule has 0 atom stereocenters. The first kappa shape index (κ1) is 20.8. The number of nitrogens with zero attached hydrogens (tertiary/aromatic N) is 4. The van der Waals surface area contributed by atoms with Crippen molar-refractivity contribution in [1.29, 1.82) is 0 Å². The van der Waals surface area contributed by atoms with E-state index in [0.717, 1.165) is 17.0 Å². The zero-order valence-electron chi connectivity index (χ0n) is 17.6. The standard InChI is InChI=1S/C23H25FN4O3/c1-3-28(19-8-6-18(24)7-9-19)22(29)17-12-14-27(15-13-17)23-25-21(26-31-23)16-4-10-20(30-2)11-5-16/h4-11,17H,3,12-15H2,1-2H3. The number of anilines is 2. The molecule has 4 rings (SSSR count). The molecule has 162 valence electrons. The van der Waals surface area contributed by atoms with Gasteiger partial charge < -0.3 is 19.1 Å². The summed E-state index contributed by atoms with van der Waals surface area (Å²) in [5, 5.41) is 4.09. The lowest BCUT2D eigenvalue weighted by Crippen LogP contribution is -2.42. The fourth-order valence-electron chi connectivity index (χ4n) is 3.83. The molecule has 2 aromatic carbocycles. The Labute approximate surface area is 180 Å². The van der Waals surface area contributed by atoms with Crippen LogP contribution >= 0.6 is 0 Å². The molecule has 3 aromatic rings. The van der Waals surface area contributed by atoms with E-state index in [1.165, 1.54) is 12.1 Å². The van der Waals surface area contributed by atoms with E-state index in [0.29, 0.717) is 44.3 Å². The molecule has 1 fully saturated rings. The maximum Gasteiger partial charge on any atom is 0.324 e. The Balaban J connectivity index is 1.38. The average molecular weight is 424 g/mol. The van der Waals surface area contributed by atoms with E-state index in [2.05, 4.69) is 10.1 Å². The number of carbonyl (C=O) groups is 1. The molecule has 31 heavy (non-hydrogen) atoms. The number of aromatic nitrogens is 2. The Bertz CT molecular complexity index is 1010. The molecule has 0 aliphatic carbocycles.